The maximum absolute atomic E-state index is 12.4. The largest absolute Gasteiger partial charge is 0.291 e. The van der Waals surface area contributed by atoms with Gasteiger partial charge in [0.2, 0.25) is 0 Å². The van der Waals surface area contributed by atoms with Gasteiger partial charge < -0.3 is 0 Å². The van der Waals surface area contributed by atoms with Gasteiger partial charge in [-0.15, -0.1) is 4.91 Å². The maximum atomic E-state index is 12.4. The van der Waals surface area contributed by atoms with E-state index in [0.29, 0.717) is 16.4 Å². The van der Waals surface area contributed by atoms with Crippen LogP contribution in [0.15, 0.2) is 46.9 Å². The molecule has 5 nitrogen and oxygen atoms in total. The van der Waals surface area contributed by atoms with Crippen LogP contribution >= 0.6 is 34.4 Å². The van der Waals surface area contributed by atoms with E-state index in [1.54, 1.807) is 18.2 Å². The molecular weight excluding hydrogens is 389 g/mol. The summed E-state index contributed by atoms with van der Waals surface area (Å²) >= 11 is 3.45. The Hall–Kier alpha value is -1.35. The number of carbonyl (C=O) groups is 1. The summed E-state index contributed by atoms with van der Waals surface area (Å²) in [6.07, 6.45) is 3.35. The molecule has 0 bridgehead atoms. The maximum Gasteiger partial charge on any atom is 0.197 e. The SMILES string of the molecule is CSc1nccc(C(N=O)C(=O)c2cccc(I)c2)n1. The summed E-state index contributed by atoms with van der Waals surface area (Å²) in [5, 5.41) is 3.44. The first kappa shape index (κ1) is 15.0. The van der Waals surface area contributed by atoms with Gasteiger partial charge in [0.15, 0.2) is 17.0 Å². The molecule has 0 aliphatic rings. The Kier molecular flexibility index (Phi) is 5.18. The molecule has 0 saturated heterocycles. The number of rotatable bonds is 5. The van der Waals surface area contributed by atoms with E-state index in [0.717, 1.165) is 3.57 Å². The fourth-order valence-electron chi connectivity index (χ4n) is 1.64. The van der Waals surface area contributed by atoms with Crippen LogP contribution in [0.3, 0.4) is 0 Å². The third kappa shape index (κ3) is 3.40. The Morgan fingerprint density at radius 2 is 2.20 bits per heavy atom. The highest BCUT2D eigenvalue weighted by atomic mass is 127. The van der Waals surface area contributed by atoms with E-state index in [9.17, 15) is 9.70 Å². The van der Waals surface area contributed by atoms with Gasteiger partial charge in [-0.25, -0.2) is 9.97 Å². The normalized spacial score (nSPS) is 11.9. The quantitative estimate of drug-likeness (QED) is 0.253. The van der Waals surface area contributed by atoms with Gasteiger partial charge in [0.25, 0.3) is 0 Å². The minimum atomic E-state index is -1.14. The van der Waals surface area contributed by atoms with Crippen molar-refractivity contribution in [2.75, 3.05) is 6.26 Å². The van der Waals surface area contributed by atoms with Gasteiger partial charge in [0, 0.05) is 15.3 Å². The van der Waals surface area contributed by atoms with Crippen molar-refractivity contribution in [3.8, 4) is 0 Å². The molecule has 1 aromatic carbocycles. The second kappa shape index (κ2) is 6.89. The van der Waals surface area contributed by atoms with Crippen molar-refractivity contribution < 1.29 is 4.79 Å². The molecule has 0 saturated carbocycles. The molecule has 20 heavy (non-hydrogen) atoms. The zero-order chi connectivity index (χ0) is 14.5. The summed E-state index contributed by atoms with van der Waals surface area (Å²) in [6.45, 7) is 0. The van der Waals surface area contributed by atoms with E-state index in [1.165, 1.54) is 24.0 Å². The Bertz CT molecular complexity index is 651. The van der Waals surface area contributed by atoms with Gasteiger partial charge in [0.05, 0.1) is 5.69 Å². The first-order chi connectivity index (χ1) is 9.65. The standard InChI is InChI=1S/C13H10IN3O2S/c1-20-13-15-6-5-10(16-13)11(17-19)12(18)8-3-2-4-9(14)7-8/h2-7,11H,1H3. The Morgan fingerprint density at radius 1 is 1.40 bits per heavy atom. The van der Waals surface area contributed by atoms with E-state index in [2.05, 4.69) is 37.7 Å². The number of nitrogens with zero attached hydrogens (tertiary/aromatic N) is 3. The van der Waals surface area contributed by atoms with Crippen LogP contribution in [0.25, 0.3) is 0 Å². The molecule has 1 aromatic heterocycles. The number of thioether (sulfide) groups is 1. The molecule has 7 heteroatoms. The molecule has 2 rings (SSSR count). The second-order valence-electron chi connectivity index (χ2n) is 3.85. The molecule has 0 aliphatic heterocycles. The van der Waals surface area contributed by atoms with Crippen molar-refractivity contribution in [3.63, 3.8) is 0 Å². The molecule has 1 unspecified atom stereocenters. The van der Waals surface area contributed by atoms with Gasteiger partial charge >= 0.3 is 0 Å². The molecular formula is C13H10IN3O2S. The van der Waals surface area contributed by atoms with Crippen molar-refractivity contribution in [2.45, 2.75) is 11.2 Å². The summed E-state index contributed by atoms with van der Waals surface area (Å²) in [4.78, 5) is 31.6. The van der Waals surface area contributed by atoms with Gasteiger partial charge in [-0.2, -0.15) is 0 Å². The summed E-state index contributed by atoms with van der Waals surface area (Å²) in [7, 11) is 0. The smallest absolute Gasteiger partial charge is 0.197 e. The zero-order valence-electron chi connectivity index (χ0n) is 10.5. The topological polar surface area (TPSA) is 72.3 Å². The highest BCUT2D eigenvalue weighted by molar-refractivity contribution is 14.1. The van der Waals surface area contributed by atoms with E-state index >= 15 is 0 Å². The van der Waals surface area contributed by atoms with Gasteiger partial charge in [0.1, 0.15) is 0 Å². The lowest BCUT2D eigenvalue weighted by Crippen LogP contribution is -2.12. The van der Waals surface area contributed by atoms with Crippen LogP contribution in [0.4, 0.5) is 0 Å². The lowest BCUT2D eigenvalue weighted by molar-refractivity contribution is 0.0960. The number of nitroso groups, excluding NO2 is 1. The third-order valence-electron chi connectivity index (χ3n) is 2.58. The van der Waals surface area contributed by atoms with E-state index in [1.807, 2.05) is 12.3 Å². The van der Waals surface area contributed by atoms with Gasteiger partial charge in [-0.1, -0.05) is 29.1 Å². The Balaban J connectivity index is 2.36. The van der Waals surface area contributed by atoms with Crippen LogP contribution < -0.4 is 0 Å². The Morgan fingerprint density at radius 3 is 2.85 bits per heavy atom. The number of ketones is 1. The molecule has 0 N–H and O–H groups in total. The van der Waals surface area contributed by atoms with Crippen molar-refractivity contribution >= 4 is 40.1 Å². The number of benzene rings is 1. The van der Waals surface area contributed by atoms with E-state index in [-0.39, 0.29) is 5.78 Å². The molecule has 102 valence electrons. The first-order valence-corrected chi connectivity index (χ1v) is 7.95. The lowest BCUT2D eigenvalue weighted by Gasteiger charge is -2.08. The molecule has 0 radical (unpaired) electrons. The zero-order valence-corrected chi connectivity index (χ0v) is 13.5. The van der Waals surface area contributed by atoms with Crippen LogP contribution in [0.2, 0.25) is 0 Å². The van der Waals surface area contributed by atoms with Crippen LogP contribution in [-0.2, 0) is 0 Å². The molecule has 2 aromatic rings. The van der Waals surface area contributed by atoms with Crippen molar-refractivity contribution in [1.82, 2.24) is 9.97 Å². The first-order valence-electron chi connectivity index (χ1n) is 5.65. The molecule has 0 aliphatic carbocycles. The summed E-state index contributed by atoms with van der Waals surface area (Å²) in [6, 6.07) is 7.43. The average Bonchev–Trinajstić information content (AvgIpc) is 2.48. The fourth-order valence-corrected chi connectivity index (χ4v) is 2.55. The molecule has 1 atom stereocenters. The summed E-state index contributed by atoms with van der Waals surface area (Å²) in [5.41, 5.74) is 0.772. The molecule has 1 heterocycles. The highest BCUT2D eigenvalue weighted by Gasteiger charge is 2.25. The molecule has 0 fully saturated rings. The number of halogens is 1. The minimum absolute atomic E-state index is 0.322. The number of carbonyl (C=O) groups excluding carboxylic acids is 1. The van der Waals surface area contributed by atoms with Crippen LogP contribution in [0, 0.1) is 8.48 Å². The van der Waals surface area contributed by atoms with Crippen molar-refractivity contribution in [1.29, 1.82) is 0 Å². The number of aromatic nitrogens is 2. The second-order valence-corrected chi connectivity index (χ2v) is 5.87. The predicted molar refractivity (Wildman–Crippen MR) is 85.8 cm³/mol. The predicted octanol–water partition coefficient (Wildman–Crippen LogP) is 3.49. The van der Waals surface area contributed by atoms with Gasteiger partial charge in [-0.05, 0) is 47.0 Å². The average molecular weight is 399 g/mol. The monoisotopic (exact) mass is 399 g/mol. The van der Waals surface area contributed by atoms with Crippen LogP contribution in [-0.4, -0.2) is 22.0 Å². The van der Waals surface area contributed by atoms with Crippen molar-refractivity contribution in [2.24, 2.45) is 5.18 Å². The van der Waals surface area contributed by atoms with E-state index < -0.39 is 6.04 Å². The molecule has 0 amide bonds. The van der Waals surface area contributed by atoms with Gasteiger partial charge in [-0.3, -0.25) is 4.79 Å². The lowest BCUT2D eigenvalue weighted by atomic mass is 10.0. The highest BCUT2D eigenvalue weighted by Crippen LogP contribution is 2.22. The van der Waals surface area contributed by atoms with E-state index in [4.69, 9.17) is 0 Å². The fraction of sp³-hybridized carbons (Fsp3) is 0.154. The number of hydrogen-bond acceptors (Lipinski definition) is 6. The van der Waals surface area contributed by atoms with Crippen molar-refractivity contribution in [3.05, 3.63) is 56.3 Å². The summed E-state index contributed by atoms with van der Waals surface area (Å²) in [5.74, 6) is -0.357. The molecule has 0 spiro atoms. The number of hydrogen-bond donors (Lipinski definition) is 0. The summed E-state index contributed by atoms with van der Waals surface area (Å²) < 4.78 is 0.922. The number of Topliss-reactive ketones (excluding diaryl/α,β-unsaturated/α-hetero) is 1. The Labute approximate surface area is 133 Å². The van der Waals surface area contributed by atoms with Crippen LogP contribution in [0.1, 0.15) is 22.1 Å². The third-order valence-corrected chi connectivity index (χ3v) is 3.81. The van der Waals surface area contributed by atoms with Crippen LogP contribution in [0.5, 0.6) is 0 Å². The minimum Gasteiger partial charge on any atom is -0.291 e.